The van der Waals surface area contributed by atoms with Gasteiger partial charge in [-0.15, -0.1) is 0 Å². The van der Waals surface area contributed by atoms with Gasteiger partial charge in [-0.05, 0) is 19.1 Å². The summed E-state index contributed by atoms with van der Waals surface area (Å²) in [5.41, 5.74) is 1.02. The molecule has 0 unspecified atom stereocenters. The summed E-state index contributed by atoms with van der Waals surface area (Å²) in [6.45, 7) is 2.39. The zero-order chi connectivity index (χ0) is 13.5. The maximum atomic E-state index is 11.3. The Hall–Kier alpha value is -2.37. The molecule has 19 heavy (non-hydrogen) atoms. The second kappa shape index (κ2) is 6.53. The Labute approximate surface area is 110 Å². The van der Waals surface area contributed by atoms with Gasteiger partial charge in [0.2, 0.25) is 0 Å². The Morgan fingerprint density at radius 2 is 2.32 bits per heavy atom. The Morgan fingerprint density at radius 3 is 3.05 bits per heavy atom. The SMILES string of the molecule is CCOC(=O)c1coc(OCCc2ccccn2)n1. The van der Waals surface area contributed by atoms with E-state index < -0.39 is 5.97 Å². The smallest absolute Gasteiger partial charge is 0.394 e. The van der Waals surface area contributed by atoms with Crippen molar-refractivity contribution in [3.05, 3.63) is 42.0 Å². The number of aromatic nitrogens is 2. The van der Waals surface area contributed by atoms with Crippen LogP contribution in [0.5, 0.6) is 6.08 Å². The lowest BCUT2D eigenvalue weighted by Crippen LogP contribution is -2.06. The third-order valence-corrected chi connectivity index (χ3v) is 2.28. The maximum Gasteiger partial charge on any atom is 0.394 e. The number of carbonyl (C=O) groups excluding carboxylic acids is 1. The number of esters is 1. The van der Waals surface area contributed by atoms with Gasteiger partial charge in [0.1, 0.15) is 6.26 Å². The molecule has 0 radical (unpaired) electrons. The van der Waals surface area contributed by atoms with Crippen LogP contribution in [0.3, 0.4) is 0 Å². The minimum Gasteiger partial charge on any atom is -0.461 e. The van der Waals surface area contributed by atoms with E-state index in [9.17, 15) is 4.79 Å². The molecule has 0 N–H and O–H groups in total. The fraction of sp³-hybridized carbons (Fsp3) is 0.308. The molecule has 0 spiro atoms. The second-order valence-corrected chi connectivity index (χ2v) is 3.64. The zero-order valence-corrected chi connectivity index (χ0v) is 10.5. The van der Waals surface area contributed by atoms with Crippen LogP contribution in [0, 0.1) is 0 Å². The normalized spacial score (nSPS) is 10.2. The molecule has 6 nitrogen and oxygen atoms in total. The molecule has 0 amide bonds. The Morgan fingerprint density at radius 1 is 1.42 bits per heavy atom. The first-order valence-corrected chi connectivity index (χ1v) is 5.95. The molecule has 0 fully saturated rings. The van der Waals surface area contributed by atoms with E-state index in [0.717, 1.165) is 5.69 Å². The number of hydrogen-bond acceptors (Lipinski definition) is 6. The summed E-state index contributed by atoms with van der Waals surface area (Å²) in [6, 6.07) is 5.67. The lowest BCUT2D eigenvalue weighted by Gasteiger charge is -2.00. The first kappa shape index (κ1) is 13.1. The van der Waals surface area contributed by atoms with E-state index in [1.807, 2.05) is 18.2 Å². The van der Waals surface area contributed by atoms with Gasteiger partial charge in [-0.1, -0.05) is 6.07 Å². The van der Waals surface area contributed by atoms with Crippen molar-refractivity contribution < 1.29 is 18.7 Å². The highest BCUT2D eigenvalue weighted by Crippen LogP contribution is 2.11. The van der Waals surface area contributed by atoms with Crippen molar-refractivity contribution in [2.75, 3.05) is 13.2 Å². The van der Waals surface area contributed by atoms with Crippen LogP contribution in [-0.2, 0) is 11.2 Å². The lowest BCUT2D eigenvalue weighted by atomic mass is 10.3. The number of carbonyl (C=O) groups is 1. The molecular weight excluding hydrogens is 248 g/mol. The summed E-state index contributed by atoms with van der Waals surface area (Å²) >= 11 is 0. The third-order valence-electron chi connectivity index (χ3n) is 2.28. The monoisotopic (exact) mass is 262 g/mol. The van der Waals surface area contributed by atoms with E-state index in [2.05, 4.69) is 9.97 Å². The largest absolute Gasteiger partial charge is 0.461 e. The van der Waals surface area contributed by atoms with Crippen LogP contribution in [0.2, 0.25) is 0 Å². The topological polar surface area (TPSA) is 74.5 Å². The summed E-state index contributed by atoms with van der Waals surface area (Å²) in [7, 11) is 0. The second-order valence-electron chi connectivity index (χ2n) is 3.64. The number of ether oxygens (including phenoxy) is 2. The Balaban J connectivity index is 1.82. The molecule has 2 aromatic rings. The van der Waals surface area contributed by atoms with E-state index in [1.165, 1.54) is 6.26 Å². The van der Waals surface area contributed by atoms with Crippen LogP contribution in [0.25, 0.3) is 0 Å². The van der Waals surface area contributed by atoms with Crippen molar-refractivity contribution >= 4 is 5.97 Å². The highest BCUT2D eigenvalue weighted by atomic mass is 16.6. The molecule has 100 valence electrons. The lowest BCUT2D eigenvalue weighted by molar-refractivity contribution is 0.0519. The van der Waals surface area contributed by atoms with E-state index in [-0.39, 0.29) is 11.8 Å². The number of pyridine rings is 1. The molecule has 0 aliphatic carbocycles. The van der Waals surface area contributed by atoms with Gasteiger partial charge in [-0.3, -0.25) is 4.98 Å². The Kier molecular flexibility index (Phi) is 4.49. The van der Waals surface area contributed by atoms with Crippen LogP contribution in [0.4, 0.5) is 0 Å². The zero-order valence-electron chi connectivity index (χ0n) is 10.5. The Bertz CT molecular complexity index is 524. The quantitative estimate of drug-likeness (QED) is 0.740. The van der Waals surface area contributed by atoms with Crippen molar-refractivity contribution in [2.45, 2.75) is 13.3 Å². The fourth-order valence-corrected chi connectivity index (χ4v) is 1.41. The highest BCUT2D eigenvalue weighted by molar-refractivity contribution is 5.86. The van der Waals surface area contributed by atoms with Crippen LogP contribution < -0.4 is 4.74 Å². The molecular formula is C13H14N2O4. The van der Waals surface area contributed by atoms with Gasteiger partial charge >= 0.3 is 12.0 Å². The molecule has 0 aromatic carbocycles. The molecule has 2 heterocycles. The standard InChI is InChI=1S/C13H14N2O4/c1-2-17-12(16)11-9-19-13(15-11)18-8-6-10-5-3-4-7-14-10/h3-5,7,9H,2,6,8H2,1H3. The summed E-state index contributed by atoms with van der Waals surface area (Å²) < 4.78 is 15.1. The molecule has 0 atom stereocenters. The summed E-state index contributed by atoms with van der Waals surface area (Å²) in [4.78, 5) is 19.4. The van der Waals surface area contributed by atoms with Crippen molar-refractivity contribution in [1.82, 2.24) is 9.97 Å². The molecule has 0 saturated heterocycles. The molecule has 0 bridgehead atoms. The van der Waals surface area contributed by atoms with Crippen LogP contribution in [0.1, 0.15) is 23.1 Å². The van der Waals surface area contributed by atoms with Gasteiger partial charge in [0, 0.05) is 18.3 Å². The van der Waals surface area contributed by atoms with Crippen LogP contribution in [-0.4, -0.2) is 29.2 Å². The number of oxazole rings is 1. The average Bonchev–Trinajstić information content (AvgIpc) is 2.89. The van der Waals surface area contributed by atoms with Gasteiger partial charge in [0.15, 0.2) is 5.69 Å². The molecule has 6 heteroatoms. The van der Waals surface area contributed by atoms with E-state index >= 15 is 0 Å². The first-order chi connectivity index (χ1) is 9.29. The molecule has 2 aromatic heterocycles. The average molecular weight is 262 g/mol. The van der Waals surface area contributed by atoms with E-state index in [1.54, 1.807) is 13.1 Å². The predicted octanol–water partition coefficient (Wildman–Crippen LogP) is 1.87. The molecule has 2 rings (SSSR count). The van der Waals surface area contributed by atoms with E-state index in [0.29, 0.717) is 19.6 Å². The minimum atomic E-state index is -0.522. The van der Waals surface area contributed by atoms with Crippen LogP contribution >= 0.6 is 0 Å². The van der Waals surface area contributed by atoms with E-state index in [4.69, 9.17) is 13.9 Å². The van der Waals surface area contributed by atoms with Gasteiger partial charge in [-0.25, -0.2) is 4.79 Å². The summed E-state index contributed by atoms with van der Waals surface area (Å²) in [5, 5.41) is 0. The molecule has 0 aliphatic rings. The maximum absolute atomic E-state index is 11.3. The summed E-state index contributed by atoms with van der Waals surface area (Å²) in [6.07, 6.45) is 3.63. The fourth-order valence-electron chi connectivity index (χ4n) is 1.41. The first-order valence-electron chi connectivity index (χ1n) is 5.95. The van der Waals surface area contributed by atoms with Crippen molar-refractivity contribution in [2.24, 2.45) is 0 Å². The number of hydrogen-bond donors (Lipinski definition) is 0. The van der Waals surface area contributed by atoms with Crippen molar-refractivity contribution in [1.29, 1.82) is 0 Å². The number of nitrogens with zero attached hydrogens (tertiary/aromatic N) is 2. The van der Waals surface area contributed by atoms with Gasteiger partial charge in [0.05, 0.1) is 13.2 Å². The molecule has 0 aliphatic heterocycles. The third kappa shape index (κ3) is 3.80. The van der Waals surface area contributed by atoms with Gasteiger partial charge in [0.25, 0.3) is 0 Å². The van der Waals surface area contributed by atoms with Crippen molar-refractivity contribution in [3.63, 3.8) is 0 Å². The minimum absolute atomic E-state index is 0.0546. The predicted molar refractivity (Wildman–Crippen MR) is 65.9 cm³/mol. The van der Waals surface area contributed by atoms with Crippen LogP contribution in [0.15, 0.2) is 35.1 Å². The number of rotatable bonds is 6. The highest BCUT2D eigenvalue weighted by Gasteiger charge is 2.13. The van der Waals surface area contributed by atoms with Crippen molar-refractivity contribution in [3.8, 4) is 6.08 Å². The summed E-state index contributed by atoms with van der Waals surface area (Å²) in [5.74, 6) is -0.522. The van der Waals surface area contributed by atoms with Gasteiger partial charge < -0.3 is 13.9 Å². The van der Waals surface area contributed by atoms with Gasteiger partial charge in [-0.2, -0.15) is 4.98 Å². The molecule has 0 saturated carbocycles.